The first-order valence-electron chi connectivity index (χ1n) is 12.7. The molecule has 8 heteroatoms. The summed E-state index contributed by atoms with van der Waals surface area (Å²) in [4.78, 5) is 16.2. The van der Waals surface area contributed by atoms with Gasteiger partial charge in [0.1, 0.15) is 17.2 Å². The molecule has 0 aliphatic carbocycles. The summed E-state index contributed by atoms with van der Waals surface area (Å²) in [6.45, 7) is 6.27. The standard InChI is InChI=1S/C28H36F2N2O4/c1-28(2,30)18-31-10-7-19(8-11-31)17-36-26-6-4-20(13-22(26)16-33)21-3-5-24(25(29)14-21)27(35)32-12-9-23(34)15-32/h3-6,13-14,19,23,33-34H,7-12,15-18H2,1-2H3. The molecule has 196 valence electrons. The molecule has 2 aromatic rings. The molecular formula is C28H36F2N2O4. The van der Waals surface area contributed by atoms with Crippen molar-refractivity contribution in [2.45, 2.75) is 51.5 Å². The first-order valence-corrected chi connectivity index (χ1v) is 12.7. The van der Waals surface area contributed by atoms with E-state index < -0.39 is 23.5 Å². The Morgan fingerprint density at radius 3 is 2.39 bits per heavy atom. The van der Waals surface area contributed by atoms with Gasteiger partial charge in [-0.15, -0.1) is 0 Å². The smallest absolute Gasteiger partial charge is 0.256 e. The second-order valence-corrected chi connectivity index (χ2v) is 10.6. The summed E-state index contributed by atoms with van der Waals surface area (Å²) in [6.07, 6.45) is 1.81. The number of nitrogens with zero attached hydrogens (tertiary/aromatic N) is 2. The second kappa shape index (κ2) is 11.2. The van der Waals surface area contributed by atoms with E-state index in [1.165, 1.54) is 17.0 Å². The van der Waals surface area contributed by atoms with Gasteiger partial charge in [-0.25, -0.2) is 8.78 Å². The Morgan fingerprint density at radius 2 is 1.78 bits per heavy atom. The molecule has 0 aromatic heterocycles. The van der Waals surface area contributed by atoms with Gasteiger partial charge in [0.05, 0.1) is 24.9 Å². The van der Waals surface area contributed by atoms with E-state index in [0.29, 0.717) is 54.5 Å². The van der Waals surface area contributed by atoms with E-state index >= 15 is 0 Å². The number of aliphatic hydroxyl groups is 2. The molecular weight excluding hydrogens is 466 g/mol. The highest BCUT2D eigenvalue weighted by Crippen LogP contribution is 2.30. The third-order valence-corrected chi connectivity index (χ3v) is 7.00. The molecule has 0 bridgehead atoms. The fourth-order valence-corrected chi connectivity index (χ4v) is 5.04. The summed E-state index contributed by atoms with van der Waals surface area (Å²) in [6, 6.07) is 9.85. The van der Waals surface area contributed by atoms with Crippen molar-refractivity contribution in [3.8, 4) is 16.9 Å². The van der Waals surface area contributed by atoms with Gasteiger partial charge in [0.15, 0.2) is 0 Å². The molecule has 2 aliphatic rings. The number of ether oxygens (including phenoxy) is 1. The molecule has 2 fully saturated rings. The number of hydrogen-bond acceptors (Lipinski definition) is 5. The van der Waals surface area contributed by atoms with E-state index in [9.17, 15) is 23.8 Å². The Balaban J connectivity index is 1.38. The van der Waals surface area contributed by atoms with Crippen molar-refractivity contribution < 1.29 is 28.5 Å². The van der Waals surface area contributed by atoms with Crippen LogP contribution < -0.4 is 4.74 Å². The van der Waals surface area contributed by atoms with E-state index in [2.05, 4.69) is 4.90 Å². The number of piperidine rings is 1. The lowest BCUT2D eigenvalue weighted by molar-refractivity contribution is 0.0760. The third kappa shape index (κ3) is 6.60. The van der Waals surface area contributed by atoms with Gasteiger partial charge in [0.2, 0.25) is 0 Å². The fraction of sp³-hybridized carbons (Fsp3) is 0.536. The van der Waals surface area contributed by atoms with E-state index in [4.69, 9.17) is 4.74 Å². The normalized spacial score (nSPS) is 19.6. The average Bonchev–Trinajstić information content (AvgIpc) is 3.28. The largest absolute Gasteiger partial charge is 0.493 e. The van der Waals surface area contributed by atoms with Crippen molar-refractivity contribution in [1.29, 1.82) is 0 Å². The van der Waals surface area contributed by atoms with E-state index in [-0.39, 0.29) is 18.7 Å². The van der Waals surface area contributed by atoms with Crippen LogP contribution in [0.15, 0.2) is 36.4 Å². The van der Waals surface area contributed by atoms with Crippen LogP contribution in [0.2, 0.25) is 0 Å². The Morgan fingerprint density at radius 1 is 1.08 bits per heavy atom. The van der Waals surface area contributed by atoms with Crippen molar-refractivity contribution in [3.05, 3.63) is 53.3 Å². The second-order valence-electron chi connectivity index (χ2n) is 10.6. The van der Waals surface area contributed by atoms with Crippen LogP contribution in [0.25, 0.3) is 11.1 Å². The quantitative estimate of drug-likeness (QED) is 0.570. The predicted molar refractivity (Wildman–Crippen MR) is 134 cm³/mol. The Kier molecular flexibility index (Phi) is 8.27. The summed E-state index contributed by atoms with van der Waals surface area (Å²) in [7, 11) is 0. The van der Waals surface area contributed by atoms with E-state index in [1.54, 1.807) is 32.0 Å². The van der Waals surface area contributed by atoms with Gasteiger partial charge in [-0.3, -0.25) is 4.79 Å². The number of rotatable bonds is 8. The van der Waals surface area contributed by atoms with Crippen LogP contribution in [0.4, 0.5) is 8.78 Å². The van der Waals surface area contributed by atoms with Crippen molar-refractivity contribution >= 4 is 5.91 Å². The first-order chi connectivity index (χ1) is 17.1. The van der Waals surface area contributed by atoms with Crippen LogP contribution in [0.3, 0.4) is 0 Å². The molecule has 0 radical (unpaired) electrons. The van der Waals surface area contributed by atoms with Gasteiger partial charge >= 0.3 is 0 Å². The molecule has 0 spiro atoms. The van der Waals surface area contributed by atoms with Crippen LogP contribution in [-0.2, 0) is 6.61 Å². The molecule has 2 aliphatic heterocycles. The van der Waals surface area contributed by atoms with Crippen molar-refractivity contribution in [3.63, 3.8) is 0 Å². The number of likely N-dealkylation sites (tertiary alicyclic amines) is 2. The maximum atomic E-state index is 14.8. The highest BCUT2D eigenvalue weighted by atomic mass is 19.1. The Bertz CT molecular complexity index is 1060. The average molecular weight is 503 g/mol. The number of benzene rings is 2. The number of alkyl halides is 1. The molecule has 36 heavy (non-hydrogen) atoms. The number of carbonyl (C=O) groups excluding carboxylic acids is 1. The van der Waals surface area contributed by atoms with Gasteiger partial charge in [0, 0.05) is 25.2 Å². The number of β-amino-alcohol motifs (C(OH)–C–C–N with tert-alkyl or cyclic N) is 1. The number of hydrogen-bond donors (Lipinski definition) is 2. The lowest BCUT2D eigenvalue weighted by atomic mass is 9.96. The van der Waals surface area contributed by atoms with E-state index in [1.807, 2.05) is 6.07 Å². The summed E-state index contributed by atoms with van der Waals surface area (Å²) in [5, 5.41) is 19.6. The molecule has 6 nitrogen and oxygen atoms in total. The zero-order chi connectivity index (χ0) is 25.9. The summed E-state index contributed by atoms with van der Waals surface area (Å²) < 4.78 is 34.8. The SMILES string of the molecule is CC(C)(F)CN1CCC(COc2ccc(-c3ccc(C(=O)N4CCC(O)C4)c(F)c3)cc2CO)CC1. The summed E-state index contributed by atoms with van der Waals surface area (Å²) >= 11 is 0. The zero-order valence-electron chi connectivity index (χ0n) is 21.1. The van der Waals surface area contributed by atoms with Crippen LogP contribution in [0.1, 0.15) is 49.0 Å². The van der Waals surface area contributed by atoms with Crippen LogP contribution >= 0.6 is 0 Å². The van der Waals surface area contributed by atoms with Crippen molar-refractivity contribution in [2.75, 3.05) is 39.3 Å². The maximum absolute atomic E-state index is 14.8. The van der Waals surface area contributed by atoms with Gasteiger partial charge in [-0.2, -0.15) is 0 Å². The molecule has 2 N–H and O–H groups in total. The minimum absolute atomic E-state index is 0.0173. The predicted octanol–water partition coefficient (Wildman–Crippen LogP) is 4.03. The van der Waals surface area contributed by atoms with Gasteiger partial charge in [-0.05, 0) is 87.5 Å². The first kappa shape index (κ1) is 26.5. The summed E-state index contributed by atoms with van der Waals surface area (Å²) in [5.41, 5.74) is 0.696. The van der Waals surface area contributed by atoms with Crippen LogP contribution in [-0.4, -0.2) is 77.0 Å². The molecule has 4 rings (SSSR count). The number of halogens is 2. The molecule has 1 unspecified atom stereocenters. The highest BCUT2D eigenvalue weighted by molar-refractivity contribution is 5.95. The van der Waals surface area contributed by atoms with Crippen LogP contribution in [0, 0.1) is 11.7 Å². The Labute approximate surface area is 211 Å². The highest BCUT2D eigenvalue weighted by Gasteiger charge is 2.28. The molecule has 0 saturated carbocycles. The monoisotopic (exact) mass is 502 g/mol. The minimum Gasteiger partial charge on any atom is -0.493 e. The molecule has 2 heterocycles. The molecule has 2 aromatic carbocycles. The fourth-order valence-electron chi connectivity index (χ4n) is 5.04. The summed E-state index contributed by atoms with van der Waals surface area (Å²) in [5.74, 6) is -0.0820. The topological polar surface area (TPSA) is 73.2 Å². The molecule has 1 atom stereocenters. The van der Waals surface area contributed by atoms with Gasteiger partial charge in [-0.1, -0.05) is 12.1 Å². The zero-order valence-corrected chi connectivity index (χ0v) is 21.1. The number of aliphatic hydroxyl groups excluding tert-OH is 2. The maximum Gasteiger partial charge on any atom is 0.256 e. The van der Waals surface area contributed by atoms with Crippen LogP contribution in [0.5, 0.6) is 5.75 Å². The lowest BCUT2D eigenvalue weighted by Gasteiger charge is -2.34. The third-order valence-electron chi connectivity index (χ3n) is 7.00. The number of amides is 1. The molecule has 2 saturated heterocycles. The number of carbonyl (C=O) groups is 1. The minimum atomic E-state index is -1.20. The lowest BCUT2D eigenvalue weighted by Crippen LogP contribution is -2.41. The van der Waals surface area contributed by atoms with Gasteiger partial charge < -0.3 is 24.7 Å². The van der Waals surface area contributed by atoms with Crippen molar-refractivity contribution in [1.82, 2.24) is 9.80 Å². The molecule has 1 amide bonds. The van der Waals surface area contributed by atoms with E-state index in [0.717, 1.165) is 25.9 Å². The van der Waals surface area contributed by atoms with Gasteiger partial charge in [0.25, 0.3) is 5.91 Å². The van der Waals surface area contributed by atoms with Crippen molar-refractivity contribution in [2.24, 2.45) is 5.92 Å². The Hall–Kier alpha value is -2.55.